The minimum atomic E-state index is -0.636. The van der Waals surface area contributed by atoms with Gasteiger partial charge in [-0.15, -0.1) is 0 Å². The summed E-state index contributed by atoms with van der Waals surface area (Å²) in [5.74, 6) is 6.89. The number of hydrazine groups is 1. The molecule has 0 heterocycles. The van der Waals surface area contributed by atoms with Crippen molar-refractivity contribution in [2.75, 3.05) is 13.4 Å². The number of rotatable bonds is 4. The molecule has 0 spiro atoms. The third-order valence-corrected chi connectivity index (χ3v) is 4.14. The summed E-state index contributed by atoms with van der Waals surface area (Å²) in [6.45, 7) is 0. The lowest BCUT2D eigenvalue weighted by Crippen LogP contribution is -2.34. The zero-order valence-electron chi connectivity index (χ0n) is 13.0. The molecule has 120 valence electrons. The molecule has 2 rings (SSSR count). The van der Waals surface area contributed by atoms with Crippen molar-refractivity contribution in [3.63, 3.8) is 0 Å². The van der Waals surface area contributed by atoms with E-state index in [1.165, 1.54) is 12.7 Å². The van der Waals surface area contributed by atoms with Crippen molar-refractivity contribution in [1.82, 2.24) is 0 Å². The Bertz CT molecular complexity index is 712. The molecular weight excluding hydrogens is 332 g/mol. The van der Waals surface area contributed by atoms with E-state index in [9.17, 15) is 4.79 Å². The topological polar surface area (TPSA) is 55.3 Å². The number of ether oxygens (including phenoxy) is 1. The molecule has 0 aliphatic carbocycles. The largest absolute Gasteiger partial charge is 0.626 e. The molecule has 0 aliphatic heterocycles. The highest BCUT2D eigenvalue weighted by Crippen LogP contribution is 2.17. The number of carbonyl (C=O) groups is 1. The molecular formula is C17H18ClN2O2S+. The van der Waals surface area contributed by atoms with Crippen molar-refractivity contribution in [1.29, 1.82) is 0 Å². The summed E-state index contributed by atoms with van der Waals surface area (Å²) in [4.78, 5) is 11.9. The molecule has 6 heteroatoms. The number of benzene rings is 2. The highest BCUT2D eigenvalue weighted by atomic mass is 35.5. The number of hydrogen-bond acceptors (Lipinski definition) is 4. The van der Waals surface area contributed by atoms with E-state index >= 15 is 0 Å². The third-order valence-electron chi connectivity index (χ3n) is 3.27. The van der Waals surface area contributed by atoms with Crippen LogP contribution in [-0.4, -0.2) is 29.9 Å². The minimum Gasteiger partial charge on any atom is -0.413 e. The Labute approximate surface area is 144 Å². The van der Waals surface area contributed by atoms with Crippen LogP contribution in [0.25, 0.3) is 0 Å². The van der Waals surface area contributed by atoms with Crippen LogP contribution in [0.5, 0.6) is 0 Å². The number of hydrazone groups is 1. The lowest BCUT2D eigenvalue weighted by molar-refractivity contribution is -0.455. The second-order valence-corrected chi connectivity index (χ2v) is 6.13. The van der Waals surface area contributed by atoms with Gasteiger partial charge in [0.2, 0.25) is 0 Å². The van der Waals surface area contributed by atoms with Crippen LogP contribution >= 0.6 is 23.4 Å². The average molecular weight is 350 g/mol. The zero-order chi connectivity index (χ0) is 16.8. The van der Waals surface area contributed by atoms with E-state index in [2.05, 4.69) is 6.26 Å². The number of hydrogen-bond donors (Lipinski definition) is 1. The van der Waals surface area contributed by atoms with Crippen LogP contribution in [0.2, 0.25) is 5.02 Å². The monoisotopic (exact) mass is 349 g/mol. The van der Waals surface area contributed by atoms with Crippen molar-refractivity contribution in [2.45, 2.75) is 5.75 Å². The molecule has 2 aromatic carbocycles. The molecule has 0 unspecified atom stereocenters. The molecule has 0 radical (unpaired) electrons. The van der Waals surface area contributed by atoms with Gasteiger partial charge in [0.15, 0.2) is 0 Å². The molecule has 2 N–H and O–H groups in total. The van der Waals surface area contributed by atoms with Crippen LogP contribution in [0, 0.1) is 0 Å². The average Bonchev–Trinajstić information content (AvgIpc) is 2.57. The van der Waals surface area contributed by atoms with Gasteiger partial charge in [-0.25, -0.2) is 0 Å². The van der Waals surface area contributed by atoms with Crippen LogP contribution in [0.1, 0.15) is 16.7 Å². The van der Waals surface area contributed by atoms with Crippen LogP contribution in [0.15, 0.2) is 48.5 Å². The van der Waals surface area contributed by atoms with E-state index in [1.54, 1.807) is 23.9 Å². The Morgan fingerprint density at radius 2 is 1.65 bits per heavy atom. The van der Waals surface area contributed by atoms with E-state index in [0.717, 1.165) is 21.6 Å². The van der Waals surface area contributed by atoms with Gasteiger partial charge < -0.3 is 4.74 Å². The molecule has 2 aromatic rings. The molecule has 0 fully saturated rings. The SMILES string of the molecule is COC(=O)[N+](N)=C(c1ccc(Cl)cc1)c1ccc(CSC)cc1. The standard InChI is InChI=1S/C17H18ClN2O2S/c1-22-17(21)20(19)16(14-7-9-15(18)10-8-14)13-5-3-12(4-6-13)11-23-2/h3-10H,11,19H2,1-2H3/q+1. The lowest BCUT2D eigenvalue weighted by atomic mass is 10.0. The molecule has 0 bridgehead atoms. The predicted octanol–water partition coefficient (Wildman–Crippen LogP) is 3.69. The van der Waals surface area contributed by atoms with E-state index in [0.29, 0.717) is 10.7 Å². The summed E-state index contributed by atoms with van der Waals surface area (Å²) in [6, 6.07) is 15.1. The summed E-state index contributed by atoms with van der Waals surface area (Å²) >= 11 is 7.69. The maximum Gasteiger partial charge on any atom is 0.626 e. The van der Waals surface area contributed by atoms with Gasteiger partial charge in [-0.05, 0) is 52.9 Å². The normalized spacial score (nSPS) is 11.8. The molecule has 23 heavy (non-hydrogen) atoms. The van der Waals surface area contributed by atoms with Gasteiger partial charge in [-0.1, -0.05) is 23.7 Å². The number of carbonyl (C=O) groups excluding carboxylic acids is 1. The summed E-state index contributed by atoms with van der Waals surface area (Å²) < 4.78 is 5.74. The summed E-state index contributed by atoms with van der Waals surface area (Å²) in [5, 5.41) is 0.616. The summed E-state index contributed by atoms with van der Waals surface area (Å²) in [7, 11) is 1.29. The Hall–Kier alpha value is -1.98. The fourth-order valence-electron chi connectivity index (χ4n) is 2.17. The second kappa shape index (κ2) is 8.04. The molecule has 1 amide bonds. The van der Waals surface area contributed by atoms with Crippen molar-refractivity contribution in [2.24, 2.45) is 5.84 Å². The minimum absolute atomic E-state index is 0.559. The summed E-state index contributed by atoms with van der Waals surface area (Å²) in [6.07, 6.45) is 1.42. The fourth-order valence-corrected chi connectivity index (χ4v) is 2.82. The maximum atomic E-state index is 11.9. The highest BCUT2D eigenvalue weighted by Gasteiger charge is 2.25. The number of nitrogens with two attached hydrogens (primary N) is 1. The number of methoxy groups -OCH3 is 1. The summed E-state index contributed by atoms with van der Waals surface area (Å²) in [5.41, 5.74) is 3.37. The van der Waals surface area contributed by atoms with Crippen LogP contribution in [0.4, 0.5) is 4.79 Å². The van der Waals surface area contributed by atoms with E-state index in [-0.39, 0.29) is 0 Å². The van der Waals surface area contributed by atoms with Gasteiger partial charge in [-0.2, -0.15) is 22.4 Å². The van der Waals surface area contributed by atoms with Gasteiger partial charge in [0.25, 0.3) is 5.71 Å². The van der Waals surface area contributed by atoms with Crippen LogP contribution in [0.3, 0.4) is 0 Å². The van der Waals surface area contributed by atoms with E-state index in [1.807, 2.05) is 36.4 Å². The lowest BCUT2D eigenvalue weighted by Gasteiger charge is -2.06. The van der Waals surface area contributed by atoms with E-state index in [4.69, 9.17) is 22.2 Å². The number of amides is 1. The van der Waals surface area contributed by atoms with E-state index < -0.39 is 6.09 Å². The maximum absolute atomic E-state index is 11.9. The molecule has 0 aromatic heterocycles. The highest BCUT2D eigenvalue weighted by molar-refractivity contribution is 7.97. The Morgan fingerprint density at radius 3 is 2.13 bits per heavy atom. The molecule has 0 aliphatic rings. The van der Waals surface area contributed by atoms with Gasteiger partial charge in [0.1, 0.15) is 0 Å². The molecule has 4 nitrogen and oxygen atoms in total. The van der Waals surface area contributed by atoms with Gasteiger partial charge in [-0.3, -0.25) is 0 Å². The first-order valence-electron chi connectivity index (χ1n) is 6.90. The predicted molar refractivity (Wildman–Crippen MR) is 95.2 cm³/mol. The fraction of sp³-hybridized carbons (Fsp3) is 0.176. The van der Waals surface area contributed by atoms with Crippen LogP contribution in [-0.2, 0) is 10.5 Å². The first-order chi connectivity index (χ1) is 11.1. The van der Waals surface area contributed by atoms with Gasteiger partial charge >= 0.3 is 6.09 Å². The van der Waals surface area contributed by atoms with Crippen molar-refractivity contribution >= 4 is 35.2 Å². The smallest absolute Gasteiger partial charge is 0.413 e. The Morgan fingerprint density at radius 1 is 1.13 bits per heavy atom. The first-order valence-corrected chi connectivity index (χ1v) is 8.68. The molecule has 0 saturated carbocycles. The Kier molecular flexibility index (Phi) is 6.07. The van der Waals surface area contributed by atoms with Crippen LogP contribution < -0.4 is 5.84 Å². The molecule has 0 saturated heterocycles. The third kappa shape index (κ3) is 4.27. The number of thioether (sulfide) groups is 1. The molecule has 0 atom stereocenters. The number of nitrogens with zero attached hydrogens (tertiary/aromatic N) is 1. The second-order valence-electron chi connectivity index (χ2n) is 4.83. The Balaban J connectivity index is 2.53. The zero-order valence-corrected chi connectivity index (χ0v) is 14.5. The van der Waals surface area contributed by atoms with Crippen molar-refractivity contribution < 1.29 is 14.2 Å². The van der Waals surface area contributed by atoms with Gasteiger partial charge in [0, 0.05) is 16.3 Å². The van der Waals surface area contributed by atoms with Crippen molar-refractivity contribution in [3.05, 3.63) is 70.2 Å². The quantitative estimate of drug-likeness (QED) is 0.301. The van der Waals surface area contributed by atoms with Gasteiger partial charge in [0.05, 0.1) is 12.7 Å². The number of halogens is 1. The first kappa shape index (κ1) is 17.4. The van der Waals surface area contributed by atoms with Crippen molar-refractivity contribution in [3.8, 4) is 0 Å².